The van der Waals surface area contributed by atoms with Crippen molar-refractivity contribution in [3.63, 3.8) is 0 Å². The molecule has 3 rings (SSSR count). The molecule has 0 spiro atoms. The van der Waals surface area contributed by atoms with Crippen LogP contribution in [0, 0.1) is 0 Å². The van der Waals surface area contributed by atoms with Crippen LogP contribution in [-0.2, 0) is 27.2 Å². The van der Waals surface area contributed by atoms with Crippen LogP contribution < -0.4 is 21.1 Å². The van der Waals surface area contributed by atoms with Gasteiger partial charge in [0, 0.05) is 20.6 Å². The molecule has 2 aromatic carbocycles. The highest BCUT2D eigenvalue weighted by atomic mass is 16.5. The molecule has 6 heteroatoms. The second-order valence-electron chi connectivity index (χ2n) is 7.04. The molecule has 0 unspecified atom stereocenters. The standard InChI is InChI=1S/C22H30N4O2/c1-4-23-12-5-13-24-15-17-6-9-19(10-7-17)28-16-18-8-11-20-21(14-18)26(3)22(27)25(20)2/h6-11,14,23-24H,4-5,12-13,15-16H2,1-3H3. The van der Waals surface area contributed by atoms with Crippen molar-refractivity contribution in [1.29, 1.82) is 0 Å². The summed E-state index contributed by atoms with van der Waals surface area (Å²) in [7, 11) is 3.59. The number of aryl methyl sites for hydroxylation is 2. The van der Waals surface area contributed by atoms with E-state index in [2.05, 4.69) is 29.7 Å². The Morgan fingerprint density at radius 1 is 0.893 bits per heavy atom. The third kappa shape index (κ3) is 4.82. The van der Waals surface area contributed by atoms with Gasteiger partial charge in [-0.3, -0.25) is 9.13 Å². The lowest BCUT2D eigenvalue weighted by Crippen LogP contribution is -2.21. The molecular weight excluding hydrogens is 352 g/mol. The SMILES string of the molecule is CCNCCCNCc1ccc(OCc2ccc3c(c2)n(C)c(=O)n3C)cc1. The summed E-state index contributed by atoms with van der Waals surface area (Å²) in [6.45, 7) is 6.55. The van der Waals surface area contributed by atoms with Crippen LogP contribution in [0.3, 0.4) is 0 Å². The molecule has 1 aromatic heterocycles. The van der Waals surface area contributed by atoms with Gasteiger partial charge in [-0.25, -0.2) is 4.79 Å². The summed E-state index contributed by atoms with van der Waals surface area (Å²) in [5.41, 5.74) is 4.12. The molecule has 2 N–H and O–H groups in total. The first-order valence-corrected chi connectivity index (χ1v) is 9.87. The third-order valence-electron chi connectivity index (χ3n) is 4.95. The molecule has 0 saturated carbocycles. The second-order valence-corrected chi connectivity index (χ2v) is 7.04. The Morgan fingerprint density at radius 2 is 1.57 bits per heavy atom. The van der Waals surface area contributed by atoms with Crippen LogP contribution in [0.2, 0.25) is 0 Å². The molecule has 0 aliphatic carbocycles. The summed E-state index contributed by atoms with van der Waals surface area (Å²) in [6, 6.07) is 14.2. The monoisotopic (exact) mass is 382 g/mol. The van der Waals surface area contributed by atoms with E-state index in [1.807, 2.05) is 30.3 Å². The molecule has 0 aliphatic heterocycles. The fourth-order valence-electron chi connectivity index (χ4n) is 3.26. The van der Waals surface area contributed by atoms with Gasteiger partial charge in [0.2, 0.25) is 0 Å². The van der Waals surface area contributed by atoms with Crippen molar-refractivity contribution >= 4 is 11.0 Å². The number of nitrogens with zero attached hydrogens (tertiary/aromatic N) is 2. The predicted octanol–water partition coefficient (Wildman–Crippen LogP) is 2.55. The highest BCUT2D eigenvalue weighted by molar-refractivity contribution is 5.76. The Morgan fingerprint density at radius 3 is 2.32 bits per heavy atom. The van der Waals surface area contributed by atoms with Crippen LogP contribution >= 0.6 is 0 Å². The number of aromatic nitrogens is 2. The molecule has 0 aliphatic rings. The molecule has 0 amide bonds. The van der Waals surface area contributed by atoms with E-state index in [-0.39, 0.29) is 5.69 Å². The molecule has 0 saturated heterocycles. The maximum Gasteiger partial charge on any atom is 0.328 e. The van der Waals surface area contributed by atoms with Gasteiger partial charge in [0.1, 0.15) is 12.4 Å². The molecule has 0 bridgehead atoms. The molecular formula is C22H30N4O2. The number of fused-ring (bicyclic) bond motifs is 1. The molecule has 0 atom stereocenters. The summed E-state index contributed by atoms with van der Waals surface area (Å²) < 4.78 is 9.25. The summed E-state index contributed by atoms with van der Waals surface area (Å²) in [6.07, 6.45) is 1.13. The van der Waals surface area contributed by atoms with Crippen LogP contribution in [0.1, 0.15) is 24.5 Å². The smallest absolute Gasteiger partial charge is 0.328 e. The highest BCUT2D eigenvalue weighted by Gasteiger charge is 2.08. The van der Waals surface area contributed by atoms with Crippen molar-refractivity contribution in [2.45, 2.75) is 26.5 Å². The molecule has 6 nitrogen and oxygen atoms in total. The van der Waals surface area contributed by atoms with Crippen molar-refractivity contribution < 1.29 is 4.74 Å². The zero-order valence-corrected chi connectivity index (χ0v) is 17.0. The van der Waals surface area contributed by atoms with E-state index in [1.54, 1.807) is 23.2 Å². The fourth-order valence-corrected chi connectivity index (χ4v) is 3.26. The zero-order chi connectivity index (χ0) is 19.9. The molecule has 1 heterocycles. The molecule has 3 aromatic rings. The lowest BCUT2D eigenvalue weighted by atomic mass is 10.2. The van der Waals surface area contributed by atoms with Gasteiger partial charge in [0.25, 0.3) is 0 Å². The van der Waals surface area contributed by atoms with E-state index in [0.717, 1.165) is 54.9 Å². The minimum Gasteiger partial charge on any atom is -0.489 e. The minimum absolute atomic E-state index is 0.0149. The summed E-state index contributed by atoms with van der Waals surface area (Å²) >= 11 is 0. The Balaban J connectivity index is 1.51. The van der Waals surface area contributed by atoms with Gasteiger partial charge in [-0.1, -0.05) is 25.1 Å². The third-order valence-corrected chi connectivity index (χ3v) is 4.95. The number of ether oxygens (including phenoxy) is 1. The molecule has 28 heavy (non-hydrogen) atoms. The first-order chi connectivity index (χ1) is 13.6. The normalized spacial score (nSPS) is 11.2. The van der Waals surface area contributed by atoms with Gasteiger partial charge < -0.3 is 15.4 Å². The van der Waals surface area contributed by atoms with E-state index >= 15 is 0 Å². The topological polar surface area (TPSA) is 60.2 Å². The Labute approximate surface area is 166 Å². The maximum atomic E-state index is 12.0. The van der Waals surface area contributed by atoms with Gasteiger partial charge in [-0.2, -0.15) is 0 Å². The molecule has 150 valence electrons. The number of nitrogens with one attached hydrogen (secondary N) is 2. The van der Waals surface area contributed by atoms with Crippen LogP contribution in [0.4, 0.5) is 0 Å². The van der Waals surface area contributed by atoms with Crippen LogP contribution in [0.25, 0.3) is 11.0 Å². The first kappa shape index (κ1) is 20.2. The van der Waals surface area contributed by atoms with Crippen molar-refractivity contribution in [2.75, 3.05) is 19.6 Å². The lowest BCUT2D eigenvalue weighted by Gasteiger charge is -2.09. The number of rotatable bonds is 10. The van der Waals surface area contributed by atoms with Gasteiger partial charge in [-0.05, 0) is 61.4 Å². The van der Waals surface area contributed by atoms with Gasteiger partial charge in [-0.15, -0.1) is 0 Å². The minimum atomic E-state index is -0.0149. The summed E-state index contributed by atoms with van der Waals surface area (Å²) in [4.78, 5) is 12.0. The Kier molecular flexibility index (Phi) is 6.90. The van der Waals surface area contributed by atoms with Crippen LogP contribution in [0.15, 0.2) is 47.3 Å². The zero-order valence-electron chi connectivity index (χ0n) is 17.0. The van der Waals surface area contributed by atoms with E-state index in [9.17, 15) is 4.79 Å². The van der Waals surface area contributed by atoms with Crippen molar-refractivity contribution in [1.82, 2.24) is 19.8 Å². The molecule has 0 radical (unpaired) electrons. The van der Waals surface area contributed by atoms with Gasteiger partial charge >= 0.3 is 5.69 Å². The first-order valence-electron chi connectivity index (χ1n) is 9.87. The van der Waals surface area contributed by atoms with Crippen LogP contribution in [0.5, 0.6) is 5.75 Å². The summed E-state index contributed by atoms with van der Waals surface area (Å²) in [5.74, 6) is 0.845. The van der Waals surface area contributed by atoms with E-state index < -0.39 is 0 Å². The predicted molar refractivity (Wildman–Crippen MR) is 114 cm³/mol. The molecule has 0 fully saturated rings. The highest BCUT2D eigenvalue weighted by Crippen LogP contribution is 2.17. The van der Waals surface area contributed by atoms with Gasteiger partial charge in [0.15, 0.2) is 0 Å². The fraction of sp³-hybridized carbons (Fsp3) is 0.409. The van der Waals surface area contributed by atoms with Crippen molar-refractivity contribution in [3.05, 3.63) is 64.1 Å². The Bertz CT molecular complexity index is 957. The summed E-state index contributed by atoms with van der Waals surface area (Å²) in [5, 5.41) is 6.78. The quantitative estimate of drug-likeness (QED) is 0.529. The van der Waals surface area contributed by atoms with E-state index in [4.69, 9.17) is 4.74 Å². The maximum absolute atomic E-state index is 12.0. The average Bonchev–Trinajstić information content (AvgIpc) is 2.94. The van der Waals surface area contributed by atoms with E-state index in [0.29, 0.717) is 6.61 Å². The van der Waals surface area contributed by atoms with Crippen LogP contribution in [-0.4, -0.2) is 28.8 Å². The number of imidazole rings is 1. The number of hydrogen-bond donors (Lipinski definition) is 2. The number of benzene rings is 2. The second kappa shape index (κ2) is 9.57. The van der Waals surface area contributed by atoms with Crippen molar-refractivity contribution in [3.8, 4) is 5.75 Å². The van der Waals surface area contributed by atoms with Crippen molar-refractivity contribution in [2.24, 2.45) is 14.1 Å². The lowest BCUT2D eigenvalue weighted by molar-refractivity contribution is 0.306. The average molecular weight is 383 g/mol. The number of hydrogen-bond acceptors (Lipinski definition) is 4. The Hall–Kier alpha value is -2.57. The largest absolute Gasteiger partial charge is 0.489 e. The van der Waals surface area contributed by atoms with E-state index in [1.165, 1.54) is 5.56 Å². The van der Waals surface area contributed by atoms with Gasteiger partial charge in [0.05, 0.1) is 11.0 Å².